The molecule has 0 saturated carbocycles. The zero-order valence-electron chi connectivity index (χ0n) is 9.86. The lowest BCUT2D eigenvalue weighted by atomic mass is 10.2. The lowest BCUT2D eigenvalue weighted by Gasteiger charge is -2.22. The summed E-state index contributed by atoms with van der Waals surface area (Å²) in [5, 5.41) is -0.306. The standard InChI is InChI=1S/C10H20ClNO4S/c11-4-9-15-6-1-5-12-17(13,14)10-2-7-16-8-3-10/h10,12H,1-9H2. The Kier molecular flexibility index (Phi) is 7.38. The van der Waals surface area contributed by atoms with Gasteiger partial charge in [-0.1, -0.05) is 0 Å². The van der Waals surface area contributed by atoms with Crippen LogP contribution in [0.3, 0.4) is 0 Å². The van der Waals surface area contributed by atoms with Crippen LogP contribution in [0.25, 0.3) is 0 Å². The third kappa shape index (κ3) is 6.01. The van der Waals surface area contributed by atoms with Crippen molar-refractivity contribution in [3.63, 3.8) is 0 Å². The summed E-state index contributed by atoms with van der Waals surface area (Å²) in [6.45, 7) is 2.52. The molecule has 0 unspecified atom stereocenters. The fourth-order valence-electron chi connectivity index (χ4n) is 1.65. The molecule has 7 heteroatoms. The molecule has 1 fully saturated rings. The predicted molar refractivity (Wildman–Crippen MR) is 66.9 cm³/mol. The van der Waals surface area contributed by atoms with Crippen LogP contribution in [0.4, 0.5) is 0 Å². The minimum atomic E-state index is -3.19. The highest BCUT2D eigenvalue weighted by Crippen LogP contribution is 2.14. The van der Waals surface area contributed by atoms with Crippen LogP contribution < -0.4 is 4.72 Å². The SMILES string of the molecule is O=S(=O)(NCCCOCCCl)C1CCOCC1. The number of rotatable bonds is 8. The Morgan fingerprint density at radius 1 is 1.29 bits per heavy atom. The van der Waals surface area contributed by atoms with Gasteiger partial charge in [0.1, 0.15) is 0 Å². The maximum absolute atomic E-state index is 11.8. The Bertz CT molecular complexity index is 291. The number of alkyl halides is 1. The fraction of sp³-hybridized carbons (Fsp3) is 1.00. The van der Waals surface area contributed by atoms with E-state index in [9.17, 15) is 8.42 Å². The van der Waals surface area contributed by atoms with E-state index >= 15 is 0 Å². The van der Waals surface area contributed by atoms with Gasteiger partial charge in [-0.25, -0.2) is 13.1 Å². The molecule has 1 heterocycles. The average molecular weight is 286 g/mol. The highest BCUT2D eigenvalue weighted by Gasteiger charge is 2.26. The van der Waals surface area contributed by atoms with Gasteiger partial charge < -0.3 is 9.47 Å². The van der Waals surface area contributed by atoms with Crippen LogP contribution in [0.15, 0.2) is 0 Å². The highest BCUT2D eigenvalue weighted by molar-refractivity contribution is 7.90. The van der Waals surface area contributed by atoms with Gasteiger partial charge in [0.2, 0.25) is 10.0 Å². The molecule has 0 amide bonds. The van der Waals surface area contributed by atoms with E-state index in [1.54, 1.807) is 0 Å². The van der Waals surface area contributed by atoms with Gasteiger partial charge in [-0.2, -0.15) is 0 Å². The second-order valence-electron chi connectivity index (χ2n) is 3.91. The molecule has 17 heavy (non-hydrogen) atoms. The van der Waals surface area contributed by atoms with E-state index in [0.717, 1.165) is 0 Å². The molecule has 0 aliphatic carbocycles. The molecule has 0 radical (unpaired) electrons. The normalized spacial score (nSPS) is 18.4. The van der Waals surface area contributed by atoms with Crippen molar-refractivity contribution in [2.45, 2.75) is 24.5 Å². The minimum absolute atomic E-state index is 0.306. The van der Waals surface area contributed by atoms with Crippen LogP contribution in [0.1, 0.15) is 19.3 Å². The lowest BCUT2D eigenvalue weighted by molar-refractivity contribution is 0.0981. The quantitative estimate of drug-likeness (QED) is 0.527. The molecule has 102 valence electrons. The molecular weight excluding hydrogens is 266 g/mol. The molecule has 1 saturated heterocycles. The maximum atomic E-state index is 11.8. The first-order valence-corrected chi connectivity index (χ1v) is 7.95. The molecule has 1 rings (SSSR count). The van der Waals surface area contributed by atoms with E-state index in [0.29, 0.717) is 58.1 Å². The first-order valence-electron chi connectivity index (χ1n) is 5.87. The zero-order chi connectivity index (χ0) is 12.6. The maximum Gasteiger partial charge on any atom is 0.214 e. The van der Waals surface area contributed by atoms with Crippen molar-refractivity contribution >= 4 is 21.6 Å². The van der Waals surface area contributed by atoms with Gasteiger partial charge in [0.15, 0.2) is 0 Å². The molecule has 0 bridgehead atoms. The van der Waals surface area contributed by atoms with Crippen molar-refractivity contribution in [1.82, 2.24) is 4.72 Å². The molecule has 1 aliphatic rings. The predicted octanol–water partition coefficient (Wildman–Crippen LogP) is 0.730. The molecule has 0 atom stereocenters. The van der Waals surface area contributed by atoms with E-state index in [4.69, 9.17) is 21.1 Å². The summed E-state index contributed by atoms with van der Waals surface area (Å²) >= 11 is 5.44. The summed E-state index contributed by atoms with van der Waals surface area (Å²) in [6, 6.07) is 0. The minimum Gasteiger partial charge on any atom is -0.381 e. The molecule has 5 nitrogen and oxygen atoms in total. The summed E-state index contributed by atoms with van der Waals surface area (Å²) in [4.78, 5) is 0. The van der Waals surface area contributed by atoms with E-state index in [-0.39, 0.29) is 5.25 Å². The molecular formula is C10H20ClNO4S. The van der Waals surface area contributed by atoms with Crippen LogP contribution >= 0.6 is 11.6 Å². The van der Waals surface area contributed by atoms with Crippen molar-refractivity contribution in [2.75, 3.05) is 38.9 Å². The summed E-state index contributed by atoms with van der Waals surface area (Å²) in [5.41, 5.74) is 0. The third-order valence-corrected chi connectivity index (χ3v) is 4.71. The van der Waals surface area contributed by atoms with E-state index in [1.165, 1.54) is 0 Å². The number of hydrogen-bond acceptors (Lipinski definition) is 4. The van der Waals surface area contributed by atoms with Gasteiger partial charge in [0, 0.05) is 32.2 Å². The summed E-state index contributed by atoms with van der Waals surface area (Å²) < 4.78 is 36.6. The molecule has 0 aromatic rings. The van der Waals surface area contributed by atoms with Crippen LogP contribution in [-0.2, 0) is 19.5 Å². The summed E-state index contributed by atoms with van der Waals surface area (Å²) in [6.07, 6.45) is 1.83. The van der Waals surface area contributed by atoms with Gasteiger partial charge in [-0.15, -0.1) is 11.6 Å². The Balaban J connectivity index is 2.15. The van der Waals surface area contributed by atoms with Crippen LogP contribution in [0.2, 0.25) is 0 Å². The molecule has 0 aromatic carbocycles. The fourth-order valence-corrected chi connectivity index (χ4v) is 3.24. The van der Waals surface area contributed by atoms with Crippen molar-refractivity contribution in [3.8, 4) is 0 Å². The van der Waals surface area contributed by atoms with E-state index in [1.807, 2.05) is 0 Å². The first-order chi connectivity index (χ1) is 8.17. The molecule has 0 spiro atoms. The number of ether oxygens (including phenoxy) is 2. The zero-order valence-corrected chi connectivity index (χ0v) is 11.4. The van der Waals surface area contributed by atoms with E-state index < -0.39 is 10.0 Å². The van der Waals surface area contributed by atoms with Crippen LogP contribution in [0.5, 0.6) is 0 Å². The highest BCUT2D eigenvalue weighted by atomic mass is 35.5. The Labute approximate surface area is 108 Å². The Hall–Kier alpha value is 0.120. The number of nitrogens with one attached hydrogen (secondary N) is 1. The van der Waals surface area contributed by atoms with Gasteiger partial charge in [-0.05, 0) is 19.3 Å². The Morgan fingerprint density at radius 2 is 2.00 bits per heavy atom. The van der Waals surface area contributed by atoms with Crippen molar-refractivity contribution < 1.29 is 17.9 Å². The number of sulfonamides is 1. The van der Waals surface area contributed by atoms with Gasteiger partial charge in [0.25, 0.3) is 0 Å². The van der Waals surface area contributed by atoms with Gasteiger partial charge in [-0.3, -0.25) is 0 Å². The second kappa shape index (κ2) is 8.26. The monoisotopic (exact) mass is 285 g/mol. The average Bonchev–Trinajstić information content (AvgIpc) is 2.35. The topological polar surface area (TPSA) is 64.6 Å². The number of halogens is 1. The molecule has 1 aliphatic heterocycles. The van der Waals surface area contributed by atoms with Gasteiger partial charge in [0.05, 0.1) is 11.9 Å². The first kappa shape index (κ1) is 15.2. The molecule has 0 aromatic heterocycles. The van der Waals surface area contributed by atoms with Crippen molar-refractivity contribution in [2.24, 2.45) is 0 Å². The second-order valence-corrected chi connectivity index (χ2v) is 6.33. The smallest absolute Gasteiger partial charge is 0.214 e. The largest absolute Gasteiger partial charge is 0.381 e. The number of hydrogen-bond donors (Lipinski definition) is 1. The lowest BCUT2D eigenvalue weighted by Crippen LogP contribution is -2.38. The third-order valence-electron chi connectivity index (χ3n) is 2.60. The van der Waals surface area contributed by atoms with Crippen molar-refractivity contribution in [1.29, 1.82) is 0 Å². The van der Waals surface area contributed by atoms with Crippen LogP contribution in [-0.4, -0.2) is 52.5 Å². The summed E-state index contributed by atoms with van der Waals surface area (Å²) in [7, 11) is -3.19. The Morgan fingerprint density at radius 3 is 2.65 bits per heavy atom. The molecule has 1 N–H and O–H groups in total. The van der Waals surface area contributed by atoms with Gasteiger partial charge >= 0.3 is 0 Å². The van der Waals surface area contributed by atoms with E-state index in [2.05, 4.69) is 4.72 Å². The van der Waals surface area contributed by atoms with Crippen molar-refractivity contribution in [3.05, 3.63) is 0 Å². The summed E-state index contributed by atoms with van der Waals surface area (Å²) in [5.74, 6) is 0.466. The van der Waals surface area contributed by atoms with Crippen LogP contribution in [0, 0.1) is 0 Å².